The summed E-state index contributed by atoms with van der Waals surface area (Å²) in [6, 6.07) is 0.0627. The average molecular weight is 258 g/mol. The Balaban J connectivity index is 2.75. The Hall–Kier alpha value is -0.650. The zero-order valence-electron chi connectivity index (χ0n) is 11.9. The Morgan fingerprint density at radius 2 is 2.22 bits per heavy atom. The van der Waals surface area contributed by atoms with Crippen molar-refractivity contribution in [3.05, 3.63) is 0 Å². The highest BCUT2D eigenvalue weighted by molar-refractivity contribution is 5.76. The van der Waals surface area contributed by atoms with Gasteiger partial charge in [-0.3, -0.25) is 9.69 Å². The molecule has 1 aliphatic rings. The second-order valence-corrected chi connectivity index (χ2v) is 4.98. The maximum absolute atomic E-state index is 12.0. The van der Waals surface area contributed by atoms with E-state index in [9.17, 15) is 4.79 Å². The maximum Gasteiger partial charge on any atom is 0.324 e. The molecule has 0 aliphatic carbocycles. The van der Waals surface area contributed by atoms with Crippen LogP contribution in [0.1, 0.15) is 20.8 Å². The van der Waals surface area contributed by atoms with Gasteiger partial charge in [-0.1, -0.05) is 13.8 Å². The van der Waals surface area contributed by atoms with E-state index in [4.69, 9.17) is 9.47 Å². The summed E-state index contributed by atoms with van der Waals surface area (Å²) < 4.78 is 10.5. The highest BCUT2D eigenvalue weighted by atomic mass is 16.5. The molecule has 0 spiro atoms. The van der Waals surface area contributed by atoms with Gasteiger partial charge in [0, 0.05) is 32.8 Å². The van der Waals surface area contributed by atoms with E-state index in [1.54, 1.807) is 7.11 Å². The lowest BCUT2D eigenvalue weighted by Crippen LogP contribution is -2.60. The molecule has 0 aromatic carbocycles. The molecule has 2 unspecified atom stereocenters. The van der Waals surface area contributed by atoms with Crippen LogP contribution < -0.4 is 5.32 Å². The van der Waals surface area contributed by atoms with Crippen LogP contribution >= 0.6 is 0 Å². The van der Waals surface area contributed by atoms with Gasteiger partial charge in [0.15, 0.2) is 0 Å². The van der Waals surface area contributed by atoms with Gasteiger partial charge < -0.3 is 14.8 Å². The molecule has 0 bridgehead atoms. The number of esters is 1. The minimum Gasteiger partial charge on any atom is -0.465 e. The van der Waals surface area contributed by atoms with E-state index in [0.717, 1.165) is 13.1 Å². The van der Waals surface area contributed by atoms with E-state index >= 15 is 0 Å². The molecule has 0 saturated carbocycles. The van der Waals surface area contributed by atoms with Gasteiger partial charge in [-0.15, -0.1) is 0 Å². The summed E-state index contributed by atoms with van der Waals surface area (Å²) in [7, 11) is 1.71. The van der Waals surface area contributed by atoms with Crippen LogP contribution in [-0.4, -0.2) is 62.9 Å². The zero-order valence-corrected chi connectivity index (χ0v) is 11.9. The molecular weight excluding hydrogens is 232 g/mol. The highest BCUT2D eigenvalue weighted by Gasteiger charge is 2.35. The van der Waals surface area contributed by atoms with Gasteiger partial charge in [-0.25, -0.2) is 0 Å². The number of nitrogens with zero attached hydrogens (tertiary/aromatic N) is 1. The summed E-state index contributed by atoms with van der Waals surface area (Å²) >= 11 is 0. The number of rotatable bonds is 6. The molecule has 1 heterocycles. The van der Waals surface area contributed by atoms with Gasteiger partial charge in [0.1, 0.15) is 6.04 Å². The molecule has 1 aliphatic heterocycles. The van der Waals surface area contributed by atoms with Crippen LogP contribution in [0.4, 0.5) is 0 Å². The van der Waals surface area contributed by atoms with Gasteiger partial charge in [0.05, 0.1) is 13.2 Å². The smallest absolute Gasteiger partial charge is 0.324 e. The second kappa shape index (κ2) is 7.71. The first kappa shape index (κ1) is 15.4. The molecule has 5 heteroatoms. The minimum absolute atomic E-state index is 0.133. The predicted octanol–water partition coefficient (Wildman–Crippen LogP) is 0.494. The van der Waals surface area contributed by atoms with E-state index in [0.29, 0.717) is 25.7 Å². The molecule has 0 aromatic heterocycles. The lowest BCUT2D eigenvalue weighted by Gasteiger charge is -2.41. The lowest BCUT2D eigenvalue weighted by atomic mass is 10.00. The molecule has 18 heavy (non-hydrogen) atoms. The van der Waals surface area contributed by atoms with Crippen LogP contribution in [-0.2, 0) is 14.3 Å². The number of nitrogens with one attached hydrogen (secondary N) is 1. The number of carbonyl (C=O) groups is 1. The number of piperazine rings is 1. The van der Waals surface area contributed by atoms with Crippen molar-refractivity contribution in [1.82, 2.24) is 10.2 Å². The Kier molecular flexibility index (Phi) is 6.60. The Morgan fingerprint density at radius 3 is 2.78 bits per heavy atom. The minimum atomic E-state index is -0.193. The summed E-state index contributed by atoms with van der Waals surface area (Å²) in [5.74, 6) is 0.312. The zero-order chi connectivity index (χ0) is 13.5. The van der Waals surface area contributed by atoms with Crippen molar-refractivity contribution in [2.75, 3.05) is 40.0 Å². The molecule has 0 radical (unpaired) electrons. The first-order chi connectivity index (χ1) is 8.61. The van der Waals surface area contributed by atoms with E-state index in [1.165, 1.54) is 0 Å². The molecule has 2 atom stereocenters. The van der Waals surface area contributed by atoms with Crippen molar-refractivity contribution < 1.29 is 14.3 Å². The Morgan fingerprint density at radius 1 is 1.50 bits per heavy atom. The van der Waals surface area contributed by atoms with Crippen LogP contribution in [0.5, 0.6) is 0 Å². The molecule has 0 amide bonds. The van der Waals surface area contributed by atoms with E-state index in [2.05, 4.69) is 24.1 Å². The summed E-state index contributed by atoms with van der Waals surface area (Å²) in [4.78, 5) is 14.2. The predicted molar refractivity (Wildman–Crippen MR) is 70.5 cm³/mol. The molecule has 106 valence electrons. The van der Waals surface area contributed by atoms with Crippen molar-refractivity contribution >= 4 is 5.97 Å². The van der Waals surface area contributed by atoms with Crippen LogP contribution in [0.2, 0.25) is 0 Å². The van der Waals surface area contributed by atoms with Crippen molar-refractivity contribution in [1.29, 1.82) is 0 Å². The lowest BCUT2D eigenvalue weighted by molar-refractivity contribution is -0.152. The van der Waals surface area contributed by atoms with Gasteiger partial charge in [0.25, 0.3) is 0 Å². The molecule has 1 rings (SSSR count). The normalized spacial score (nSPS) is 23.1. The molecule has 0 aromatic rings. The summed E-state index contributed by atoms with van der Waals surface area (Å²) in [6.07, 6.45) is 0. The number of hydrogen-bond donors (Lipinski definition) is 1. The topological polar surface area (TPSA) is 50.8 Å². The number of hydrogen-bond acceptors (Lipinski definition) is 5. The van der Waals surface area contributed by atoms with Crippen molar-refractivity contribution in [2.24, 2.45) is 5.92 Å². The van der Waals surface area contributed by atoms with Crippen molar-refractivity contribution in [3.63, 3.8) is 0 Å². The first-order valence-corrected chi connectivity index (χ1v) is 6.73. The highest BCUT2D eigenvalue weighted by Crippen LogP contribution is 2.17. The first-order valence-electron chi connectivity index (χ1n) is 6.73. The van der Waals surface area contributed by atoms with E-state index in [-0.39, 0.29) is 18.1 Å². The van der Waals surface area contributed by atoms with E-state index < -0.39 is 0 Å². The fourth-order valence-electron chi connectivity index (χ4n) is 2.42. The van der Waals surface area contributed by atoms with Gasteiger partial charge >= 0.3 is 5.97 Å². The maximum atomic E-state index is 12.0. The van der Waals surface area contributed by atoms with Crippen molar-refractivity contribution in [2.45, 2.75) is 32.9 Å². The van der Waals surface area contributed by atoms with Crippen LogP contribution in [0.25, 0.3) is 0 Å². The van der Waals surface area contributed by atoms with Gasteiger partial charge in [0.2, 0.25) is 0 Å². The van der Waals surface area contributed by atoms with Gasteiger partial charge in [-0.2, -0.15) is 0 Å². The fourth-order valence-corrected chi connectivity index (χ4v) is 2.42. The Labute approximate surface area is 110 Å². The SMILES string of the molecule is CCOC(=O)C1CNCCN1C(COC)C(C)C. The van der Waals surface area contributed by atoms with Gasteiger partial charge in [-0.05, 0) is 12.8 Å². The van der Waals surface area contributed by atoms with Crippen molar-refractivity contribution in [3.8, 4) is 0 Å². The third-order valence-corrected chi connectivity index (χ3v) is 3.38. The molecule has 1 N–H and O–H groups in total. The number of carbonyl (C=O) groups excluding carboxylic acids is 1. The molecule has 1 fully saturated rings. The fraction of sp³-hybridized carbons (Fsp3) is 0.923. The summed E-state index contributed by atoms with van der Waals surface area (Å²) in [6.45, 7) is 9.66. The largest absolute Gasteiger partial charge is 0.465 e. The monoisotopic (exact) mass is 258 g/mol. The molecule has 5 nitrogen and oxygen atoms in total. The third kappa shape index (κ3) is 3.93. The molecule has 1 saturated heterocycles. The summed E-state index contributed by atoms with van der Waals surface area (Å²) in [5.41, 5.74) is 0. The van der Waals surface area contributed by atoms with Crippen LogP contribution in [0.3, 0.4) is 0 Å². The third-order valence-electron chi connectivity index (χ3n) is 3.38. The Bertz CT molecular complexity index is 259. The van der Waals surface area contributed by atoms with E-state index in [1.807, 2.05) is 6.92 Å². The quantitative estimate of drug-likeness (QED) is 0.703. The average Bonchev–Trinajstić information content (AvgIpc) is 2.36. The summed E-state index contributed by atoms with van der Waals surface area (Å²) in [5, 5.41) is 3.26. The number of ether oxygens (including phenoxy) is 2. The van der Waals surface area contributed by atoms with Crippen LogP contribution in [0.15, 0.2) is 0 Å². The standard InChI is InChI=1S/C13H26N2O3/c1-5-18-13(16)11-8-14-6-7-15(11)12(9-17-4)10(2)3/h10-12,14H,5-9H2,1-4H3. The second-order valence-electron chi connectivity index (χ2n) is 4.98. The number of methoxy groups -OCH3 is 1. The molecular formula is C13H26N2O3. The van der Waals surface area contributed by atoms with Crippen LogP contribution in [0, 0.1) is 5.92 Å².